The lowest BCUT2D eigenvalue weighted by Gasteiger charge is -2.08. The molecule has 3 rings (SSSR count). The number of carboxylic acid groups (broad SMARTS) is 1. The molecule has 1 saturated heterocycles. The molecule has 8 heteroatoms. The Morgan fingerprint density at radius 1 is 1.29 bits per heavy atom. The van der Waals surface area contributed by atoms with Crippen LogP contribution in [0.15, 0.2) is 52.4 Å². The first kappa shape index (κ1) is 20.0. The fourth-order valence-corrected chi connectivity index (χ4v) is 3.50. The number of benzene rings is 2. The van der Waals surface area contributed by atoms with E-state index in [2.05, 4.69) is 17.2 Å². The molecule has 0 radical (unpaired) electrons. The highest BCUT2D eigenvalue weighted by molar-refractivity contribution is 8.18. The van der Waals surface area contributed by atoms with E-state index in [1.54, 1.807) is 24.3 Å². The highest BCUT2D eigenvalue weighted by Gasteiger charge is 2.23. The van der Waals surface area contributed by atoms with Crippen molar-refractivity contribution in [3.05, 3.63) is 63.5 Å². The van der Waals surface area contributed by atoms with Gasteiger partial charge in [-0.25, -0.2) is 4.99 Å². The normalized spacial score (nSPS) is 16.4. The van der Waals surface area contributed by atoms with Crippen LogP contribution in [0, 0.1) is 0 Å². The molecule has 1 fully saturated rings. The van der Waals surface area contributed by atoms with Gasteiger partial charge in [0.2, 0.25) is 0 Å². The van der Waals surface area contributed by atoms with Gasteiger partial charge in [0.25, 0.3) is 5.91 Å². The summed E-state index contributed by atoms with van der Waals surface area (Å²) < 4.78 is 5.03. The fourth-order valence-electron chi connectivity index (χ4n) is 2.42. The summed E-state index contributed by atoms with van der Waals surface area (Å²) >= 11 is 7.33. The van der Waals surface area contributed by atoms with Crippen molar-refractivity contribution in [2.24, 2.45) is 4.99 Å². The number of ether oxygens (including phenoxy) is 1. The number of amidine groups is 1. The number of thioether (sulfide) groups is 1. The van der Waals surface area contributed by atoms with Crippen LogP contribution in [0.5, 0.6) is 5.75 Å². The van der Waals surface area contributed by atoms with Gasteiger partial charge in [-0.1, -0.05) is 36.7 Å². The van der Waals surface area contributed by atoms with Gasteiger partial charge in [0.15, 0.2) is 5.17 Å². The Balaban J connectivity index is 1.73. The summed E-state index contributed by atoms with van der Waals surface area (Å²) in [6.45, 7) is 1.50. The number of aryl methyl sites for hydroxylation is 1. The molecule has 0 aliphatic carbocycles. The maximum Gasteiger partial charge on any atom is 0.264 e. The molecule has 1 aliphatic rings. The van der Waals surface area contributed by atoms with Crippen molar-refractivity contribution in [3.8, 4) is 5.75 Å². The molecule has 0 spiro atoms. The number of aliphatic carboxylic acids is 1. The van der Waals surface area contributed by atoms with Crippen molar-refractivity contribution in [2.45, 2.75) is 13.3 Å². The number of nitrogens with one attached hydrogen (secondary N) is 1. The molecule has 0 aromatic heterocycles. The Hall–Kier alpha value is -2.77. The number of carbonyl (C=O) groups excluding carboxylic acids is 2. The zero-order valence-corrected chi connectivity index (χ0v) is 16.5. The third-order valence-electron chi connectivity index (χ3n) is 3.83. The molecule has 144 valence electrons. The largest absolute Gasteiger partial charge is 0.546 e. The van der Waals surface area contributed by atoms with Crippen LogP contribution in [0.3, 0.4) is 0 Å². The highest BCUT2D eigenvalue weighted by Crippen LogP contribution is 2.31. The highest BCUT2D eigenvalue weighted by atomic mass is 35.5. The van der Waals surface area contributed by atoms with Crippen LogP contribution in [0.2, 0.25) is 5.02 Å². The van der Waals surface area contributed by atoms with Gasteiger partial charge in [0, 0.05) is 0 Å². The predicted octanol–water partition coefficient (Wildman–Crippen LogP) is 2.92. The molecule has 0 saturated carbocycles. The zero-order valence-electron chi connectivity index (χ0n) is 14.9. The molecular formula is C20H16ClN2O4S-. The number of carbonyl (C=O) groups is 2. The number of rotatable bonds is 6. The van der Waals surface area contributed by atoms with Gasteiger partial charge in [0.1, 0.15) is 12.4 Å². The molecule has 2 aromatic rings. The lowest BCUT2D eigenvalue weighted by atomic mass is 10.2. The summed E-state index contributed by atoms with van der Waals surface area (Å²) in [5.41, 5.74) is 2.66. The topological polar surface area (TPSA) is 90.8 Å². The number of carboxylic acids is 1. The van der Waals surface area contributed by atoms with Crippen molar-refractivity contribution >= 4 is 52.2 Å². The fraction of sp³-hybridized carbons (Fsp3) is 0.150. The van der Waals surface area contributed by atoms with Crippen molar-refractivity contribution in [1.29, 1.82) is 0 Å². The standard InChI is InChI=1S/C20H17ClN2O4S/c1-2-12-3-6-14(7-4-12)22-20-23-19(26)17(28-20)10-13-5-8-16(15(21)9-13)27-11-18(24)25/h3-10H,2,11H2,1H3,(H,24,25)(H,22,23,26)/p-1/b17-10-. The molecule has 0 unspecified atom stereocenters. The number of hydrogen-bond acceptors (Lipinski definition) is 6. The average molecular weight is 416 g/mol. The van der Waals surface area contributed by atoms with Crippen LogP contribution in [-0.4, -0.2) is 23.7 Å². The van der Waals surface area contributed by atoms with Crippen LogP contribution < -0.4 is 15.2 Å². The molecule has 1 N–H and O–H groups in total. The first-order valence-corrected chi connectivity index (χ1v) is 9.65. The number of aliphatic imine (C=N–C) groups is 1. The molecule has 2 aromatic carbocycles. The van der Waals surface area contributed by atoms with E-state index in [4.69, 9.17) is 16.3 Å². The molecule has 0 atom stereocenters. The number of halogens is 1. The lowest BCUT2D eigenvalue weighted by Crippen LogP contribution is -2.28. The van der Waals surface area contributed by atoms with Crippen molar-refractivity contribution < 1.29 is 19.4 Å². The van der Waals surface area contributed by atoms with Crippen LogP contribution >= 0.6 is 23.4 Å². The molecule has 1 heterocycles. The Bertz CT molecular complexity index is 971. The predicted molar refractivity (Wildman–Crippen MR) is 109 cm³/mol. The van der Waals surface area contributed by atoms with Crippen LogP contribution in [-0.2, 0) is 16.0 Å². The average Bonchev–Trinajstić information content (AvgIpc) is 3.00. The maximum atomic E-state index is 12.2. The smallest absolute Gasteiger partial charge is 0.264 e. The second-order valence-corrected chi connectivity index (χ2v) is 7.29. The maximum absolute atomic E-state index is 12.2. The van der Waals surface area contributed by atoms with Gasteiger partial charge < -0.3 is 20.0 Å². The molecule has 1 amide bonds. The zero-order chi connectivity index (χ0) is 20.1. The number of nitrogens with zero attached hydrogens (tertiary/aromatic N) is 1. The van der Waals surface area contributed by atoms with Gasteiger partial charge in [-0.3, -0.25) is 4.79 Å². The van der Waals surface area contributed by atoms with E-state index in [0.717, 1.165) is 12.1 Å². The van der Waals surface area contributed by atoms with E-state index >= 15 is 0 Å². The minimum atomic E-state index is -1.34. The second-order valence-electron chi connectivity index (χ2n) is 5.85. The minimum absolute atomic E-state index is 0.231. The molecule has 6 nitrogen and oxygen atoms in total. The summed E-state index contributed by atoms with van der Waals surface area (Å²) in [5, 5.41) is 13.9. The summed E-state index contributed by atoms with van der Waals surface area (Å²) in [5.74, 6) is -1.35. The first-order chi connectivity index (χ1) is 13.4. The Morgan fingerprint density at radius 3 is 2.68 bits per heavy atom. The first-order valence-electron chi connectivity index (χ1n) is 8.45. The SMILES string of the molecule is CCc1ccc(N=C2NC(=O)/C(=C/c3ccc(OCC(=O)[O-])c(Cl)c3)S2)cc1. The molecular weight excluding hydrogens is 400 g/mol. The Kier molecular flexibility index (Phi) is 6.38. The van der Waals surface area contributed by atoms with Crippen LogP contribution in [0.25, 0.3) is 6.08 Å². The van der Waals surface area contributed by atoms with Gasteiger partial charge in [-0.05, 0) is 59.7 Å². The summed E-state index contributed by atoms with van der Waals surface area (Å²) in [7, 11) is 0. The minimum Gasteiger partial charge on any atom is -0.546 e. The number of hydrogen-bond donors (Lipinski definition) is 1. The van der Waals surface area contributed by atoms with E-state index in [0.29, 0.717) is 15.6 Å². The van der Waals surface area contributed by atoms with E-state index in [1.807, 2.05) is 24.3 Å². The van der Waals surface area contributed by atoms with Crippen molar-refractivity contribution in [3.63, 3.8) is 0 Å². The Labute approximate surface area is 171 Å². The van der Waals surface area contributed by atoms with E-state index < -0.39 is 12.6 Å². The van der Waals surface area contributed by atoms with Crippen molar-refractivity contribution in [2.75, 3.05) is 6.61 Å². The third kappa shape index (κ3) is 5.15. The van der Waals surface area contributed by atoms with Gasteiger partial charge in [-0.2, -0.15) is 0 Å². The van der Waals surface area contributed by atoms with E-state index in [9.17, 15) is 14.7 Å². The van der Waals surface area contributed by atoms with E-state index in [-0.39, 0.29) is 16.7 Å². The summed E-state index contributed by atoms with van der Waals surface area (Å²) in [6.07, 6.45) is 2.63. The van der Waals surface area contributed by atoms with Crippen LogP contribution in [0.4, 0.5) is 5.69 Å². The van der Waals surface area contributed by atoms with Gasteiger partial charge in [0.05, 0.1) is 21.6 Å². The summed E-state index contributed by atoms with van der Waals surface area (Å²) in [6, 6.07) is 12.6. The van der Waals surface area contributed by atoms with Crippen LogP contribution in [0.1, 0.15) is 18.1 Å². The van der Waals surface area contributed by atoms with Gasteiger partial charge >= 0.3 is 0 Å². The monoisotopic (exact) mass is 415 g/mol. The molecule has 0 bridgehead atoms. The lowest BCUT2D eigenvalue weighted by molar-refractivity contribution is -0.307. The van der Waals surface area contributed by atoms with Crippen molar-refractivity contribution in [1.82, 2.24) is 5.32 Å². The third-order valence-corrected chi connectivity index (χ3v) is 5.03. The molecule has 28 heavy (non-hydrogen) atoms. The van der Waals surface area contributed by atoms with E-state index in [1.165, 1.54) is 17.3 Å². The van der Waals surface area contributed by atoms with Gasteiger partial charge in [-0.15, -0.1) is 0 Å². The molecule has 1 aliphatic heterocycles. The second kappa shape index (κ2) is 8.95. The quantitative estimate of drug-likeness (QED) is 0.732. The Morgan fingerprint density at radius 2 is 2.04 bits per heavy atom. The summed E-state index contributed by atoms with van der Waals surface area (Å²) in [4.78, 5) is 27.6. The number of amides is 1.